The zero-order valence-electron chi connectivity index (χ0n) is 12.6. The standard InChI is InChI=1S/C19H13NO4/c21-19(11-8-14-4-3-7-17(12-14)20(22)23)24-18-10-9-15-5-1-2-6-16(15)13-18/h1-13H/b11-8+. The van der Waals surface area contributed by atoms with Crippen molar-refractivity contribution in [3.05, 3.63) is 88.5 Å². The predicted molar refractivity (Wildman–Crippen MR) is 91.7 cm³/mol. The van der Waals surface area contributed by atoms with Crippen molar-refractivity contribution < 1.29 is 14.5 Å². The molecule has 0 radical (unpaired) electrons. The third-order valence-electron chi connectivity index (χ3n) is 3.43. The number of nitro groups is 1. The molecule has 5 nitrogen and oxygen atoms in total. The Morgan fingerprint density at radius 3 is 2.54 bits per heavy atom. The van der Waals surface area contributed by atoms with E-state index in [1.165, 1.54) is 24.3 Å². The first-order valence-corrected chi connectivity index (χ1v) is 7.25. The molecule has 0 aliphatic rings. The summed E-state index contributed by atoms with van der Waals surface area (Å²) in [6.45, 7) is 0. The molecular weight excluding hydrogens is 306 g/mol. The molecule has 0 heterocycles. The quantitative estimate of drug-likeness (QED) is 0.235. The van der Waals surface area contributed by atoms with Crippen molar-refractivity contribution in [2.75, 3.05) is 0 Å². The van der Waals surface area contributed by atoms with E-state index >= 15 is 0 Å². The Kier molecular flexibility index (Phi) is 4.34. The number of rotatable bonds is 4. The van der Waals surface area contributed by atoms with Crippen LogP contribution in [0.4, 0.5) is 5.69 Å². The molecule has 3 aromatic carbocycles. The number of carbonyl (C=O) groups is 1. The smallest absolute Gasteiger partial charge is 0.336 e. The van der Waals surface area contributed by atoms with Crippen molar-refractivity contribution in [3.8, 4) is 5.75 Å². The maximum Gasteiger partial charge on any atom is 0.336 e. The fourth-order valence-electron chi connectivity index (χ4n) is 2.29. The Morgan fingerprint density at radius 2 is 1.75 bits per heavy atom. The van der Waals surface area contributed by atoms with Crippen LogP contribution in [-0.4, -0.2) is 10.9 Å². The van der Waals surface area contributed by atoms with Crippen LogP contribution in [0, 0.1) is 10.1 Å². The average Bonchev–Trinajstić information content (AvgIpc) is 2.60. The van der Waals surface area contributed by atoms with E-state index in [2.05, 4.69) is 0 Å². The van der Waals surface area contributed by atoms with Gasteiger partial charge in [0.15, 0.2) is 0 Å². The molecule has 3 rings (SSSR count). The summed E-state index contributed by atoms with van der Waals surface area (Å²) in [6.07, 6.45) is 2.73. The molecule has 0 bridgehead atoms. The van der Waals surface area contributed by atoms with Crippen LogP contribution < -0.4 is 4.74 Å². The van der Waals surface area contributed by atoms with Gasteiger partial charge in [0.25, 0.3) is 5.69 Å². The highest BCUT2D eigenvalue weighted by Crippen LogP contribution is 2.21. The number of hydrogen-bond donors (Lipinski definition) is 0. The van der Waals surface area contributed by atoms with Gasteiger partial charge in [-0.05, 0) is 34.5 Å². The van der Waals surface area contributed by atoms with E-state index in [0.29, 0.717) is 11.3 Å². The van der Waals surface area contributed by atoms with E-state index in [1.807, 2.05) is 30.3 Å². The number of nitro benzene ring substituents is 1. The minimum atomic E-state index is -0.545. The van der Waals surface area contributed by atoms with Crippen molar-refractivity contribution in [1.29, 1.82) is 0 Å². The molecule has 0 fully saturated rings. The molecule has 0 amide bonds. The lowest BCUT2D eigenvalue weighted by Crippen LogP contribution is -2.03. The number of fused-ring (bicyclic) bond motifs is 1. The third kappa shape index (κ3) is 3.64. The minimum absolute atomic E-state index is 0.0277. The Bertz CT molecular complexity index is 947. The van der Waals surface area contributed by atoms with Crippen molar-refractivity contribution in [3.63, 3.8) is 0 Å². The number of benzene rings is 3. The summed E-state index contributed by atoms with van der Waals surface area (Å²) in [5, 5.41) is 12.8. The zero-order valence-corrected chi connectivity index (χ0v) is 12.6. The van der Waals surface area contributed by atoms with Gasteiger partial charge >= 0.3 is 5.97 Å². The van der Waals surface area contributed by atoms with Crippen LogP contribution in [0.1, 0.15) is 5.56 Å². The molecular formula is C19H13NO4. The number of nitrogens with zero attached hydrogens (tertiary/aromatic N) is 1. The molecule has 3 aromatic rings. The first-order chi connectivity index (χ1) is 11.6. The van der Waals surface area contributed by atoms with E-state index in [0.717, 1.165) is 10.8 Å². The first kappa shape index (κ1) is 15.4. The summed E-state index contributed by atoms with van der Waals surface area (Å²) in [5.41, 5.74) is 0.528. The Balaban J connectivity index is 1.72. The highest BCUT2D eigenvalue weighted by molar-refractivity contribution is 5.90. The molecule has 0 atom stereocenters. The van der Waals surface area contributed by atoms with E-state index in [-0.39, 0.29) is 5.69 Å². The van der Waals surface area contributed by atoms with Gasteiger partial charge in [0.1, 0.15) is 5.75 Å². The van der Waals surface area contributed by atoms with E-state index in [1.54, 1.807) is 24.3 Å². The Hall–Kier alpha value is -3.47. The fourth-order valence-corrected chi connectivity index (χ4v) is 2.29. The lowest BCUT2D eigenvalue weighted by Gasteiger charge is -2.03. The molecule has 0 N–H and O–H groups in total. The van der Waals surface area contributed by atoms with Gasteiger partial charge in [0.2, 0.25) is 0 Å². The number of ether oxygens (including phenoxy) is 1. The molecule has 0 aromatic heterocycles. The third-order valence-corrected chi connectivity index (χ3v) is 3.43. The molecule has 0 spiro atoms. The van der Waals surface area contributed by atoms with Gasteiger partial charge in [-0.1, -0.05) is 42.5 Å². The second-order valence-electron chi connectivity index (χ2n) is 5.12. The molecule has 5 heteroatoms. The lowest BCUT2D eigenvalue weighted by molar-refractivity contribution is -0.384. The second-order valence-corrected chi connectivity index (χ2v) is 5.12. The van der Waals surface area contributed by atoms with Crippen molar-refractivity contribution >= 4 is 28.5 Å². The van der Waals surface area contributed by atoms with Crippen molar-refractivity contribution in [1.82, 2.24) is 0 Å². The molecule has 118 valence electrons. The van der Waals surface area contributed by atoms with Gasteiger partial charge in [-0.25, -0.2) is 4.79 Å². The summed E-state index contributed by atoms with van der Waals surface area (Å²) in [5.74, 6) is -0.0980. The van der Waals surface area contributed by atoms with Crippen LogP contribution in [0.5, 0.6) is 5.75 Å². The van der Waals surface area contributed by atoms with Crippen LogP contribution in [0.2, 0.25) is 0 Å². The lowest BCUT2D eigenvalue weighted by atomic mass is 10.1. The van der Waals surface area contributed by atoms with Gasteiger partial charge in [-0.3, -0.25) is 10.1 Å². The number of esters is 1. The SMILES string of the molecule is O=C(/C=C/c1cccc([N+](=O)[O-])c1)Oc1ccc2ccccc2c1. The van der Waals surface area contributed by atoms with E-state index < -0.39 is 10.9 Å². The Labute approximate surface area is 138 Å². The summed E-state index contributed by atoms with van der Waals surface area (Å²) in [7, 11) is 0. The van der Waals surface area contributed by atoms with Crippen molar-refractivity contribution in [2.45, 2.75) is 0 Å². The summed E-state index contributed by atoms with van der Waals surface area (Å²) >= 11 is 0. The summed E-state index contributed by atoms with van der Waals surface area (Å²) < 4.78 is 5.26. The van der Waals surface area contributed by atoms with Gasteiger partial charge in [0.05, 0.1) is 4.92 Å². The average molecular weight is 319 g/mol. The second kappa shape index (κ2) is 6.75. The molecule has 24 heavy (non-hydrogen) atoms. The predicted octanol–water partition coefficient (Wildman–Crippen LogP) is 4.37. The van der Waals surface area contributed by atoms with Gasteiger partial charge in [0, 0.05) is 18.2 Å². The molecule has 0 aliphatic heterocycles. The van der Waals surface area contributed by atoms with E-state index in [9.17, 15) is 14.9 Å². The molecule has 0 unspecified atom stereocenters. The summed E-state index contributed by atoms with van der Waals surface area (Å²) in [4.78, 5) is 22.1. The monoisotopic (exact) mass is 319 g/mol. The topological polar surface area (TPSA) is 69.4 Å². The maximum absolute atomic E-state index is 11.9. The minimum Gasteiger partial charge on any atom is -0.423 e. The van der Waals surface area contributed by atoms with Crippen LogP contribution in [0.3, 0.4) is 0 Å². The first-order valence-electron chi connectivity index (χ1n) is 7.25. The highest BCUT2D eigenvalue weighted by atomic mass is 16.6. The van der Waals surface area contributed by atoms with Crippen molar-refractivity contribution in [2.24, 2.45) is 0 Å². The van der Waals surface area contributed by atoms with Crippen LogP contribution in [0.15, 0.2) is 72.8 Å². The Morgan fingerprint density at radius 1 is 0.958 bits per heavy atom. The van der Waals surface area contributed by atoms with Gasteiger partial charge in [-0.15, -0.1) is 0 Å². The molecule has 0 saturated heterocycles. The van der Waals surface area contributed by atoms with Gasteiger partial charge < -0.3 is 4.74 Å². The number of non-ortho nitro benzene ring substituents is 1. The maximum atomic E-state index is 11.9. The highest BCUT2D eigenvalue weighted by Gasteiger charge is 2.05. The zero-order chi connectivity index (χ0) is 16.9. The fraction of sp³-hybridized carbons (Fsp3) is 0. The van der Waals surface area contributed by atoms with Crippen LogP contribution >= 0.6 is 0 Å². The normalized spacial score (nSPS) is 10.8. The van der Waals surface area contributed by atoms with Crippen LogP contribution in [0.25, 0.3) is 16.8 Å². The van der Waals surface area contributed by atoms with E-state index in [4.69, 9.17) is 4.74 Å². The summed E-state index contributed by atoms with van der Waals surface area (Å²) in [6, 6.07) is 19.2. The van der Waals surface area contributed by atoms with Gasteiger partial charge in [-0.2, -0.15) is 0 Å². The molecule has 0 saturated carbocycles. The number of carbonyl (C=O) groups excluding carboxylic acids is 1. The molecule has 0 aliphatic carbocycles. The number of hydrogen-bond acceptors (Lipinski definition) is 4. The largest absolute Gasteiger partial charge is 0.423 e. The van der Waals surface area contributed by atoms with Crippen LogP contribution in [-0.2, 0) is 4.79 Å².